The molecule has 2 aromatic carbocycles. The van der Waals surface area contributed by atoms with Gasteiger partial charge in [0.2, 0.25) is 17.8 Å². The highest BCUT2D eigenvalue weighted by atomic mass is 16.5. The fraction of sp³-hybridized carbons (Fsp3) is 0.500. The summed E-state index contributed by atoms with van der Waals surface area (Å²) in [7, 11) is 0. The molecule has 3 aromatic rings. The van der Waals surface area contributed by atoms with Crippen molar-refractivity contribution in [1.82, 2.24) is 20.3 Å². The molecule has 0 bridgehead atoms. The quantitative estimate of drug-likeness (QED) is 0.229. The Labute approximate surface area is 248 Å². The van der Waals surface area contributed by atoms with Gasteiger partial charge in [-0.2, -0.15) is 15.0 Å². The van der Waals surface area contributed by atoms with E-state index in [9.17, 15) is 4.79 Å². The molecule has 1 aliphatic heterocycles. The van der Waals surface area contributed by atoms with Crippen LogP contribution in [-0.4, -0.2) is 73.5 Å². The summed E-state index contributed by atoms with van der Waals surface area (Å²) in [6, 6.07) is 17.7. The average molecular weight is 574 g/mol. The van der Waals surface area contributed by atoms with Crippen LogP contribution in [0.15, 0.2) is 54.6 Å². The van der Waals surface area contributed by atoms with Crippen LogP contribution in [0.2, 0.25) is 0 Å². The van der Waals surface area contributed by atoms with Gasteiger partial charge in [-0.25, -0.2) is 0 Å². The van der Waals surface area contributed by atoms with E-state index in [0.29, 0.717) is 68.8 Å². The largest absolute Gasteiger partial charge is 0.377 e. The summed E-state index contributed by atoms with van der Waals surface area (Å²) in [5.74, 6) is 2.45. The predicted molar refractivity (Wildman–Crippen MR) is 165 cm³/mol. The Morgan fingerprint density at radius 3 is 2.26 bits per heavy atom. The zero-order valence-electron chi connectivity index (χ0n) is 24.4. The summed E-state index contributed by atoms with van der Waals surface area (Å²) in [5, 5.41) is 9.67. The van der Waals surface area contributed by atoms with Crippen LogP contribution in [0.1, 0.15) is 53.6 Å². The van der Waals surface area contributed by atoms with Crippen molar-refractivity contribution in [2.45, 2.75) is 45.1 Å². The molecule has 0 spiro atoms. The van der Waals surface area contributed by atoms with E-state index in [2.05, 4.69) is 50.1 Å². The summed E-state index contributed by atoms with van der Waals surface area (Å²) in [5.41, 5.74) is 3.37. The maximum atomic E-state index is 12.0. The fourth-order valence-corrected chi connectivity index (χ4v) is 5.44. The van der Waals surface area contributed by atoms with Crippen molar-refractivity contribution in [3.05, 3.63) is 71.3 Å². The van der Waals surface area contributed by atoms with E-state index in [0.717, 1.165) is 26.1 Å². The molecule has 1 aromatic heterocycles. The molecule has 1 saturated carbocycles. The molecule has 1 fully saturated rings. The van der Waals surface area contributed by atoms with Gasteiger partial charge in [-0.15, -0.1) is 0 Å². The van der Waals surface area contributed by atoms with Crippen LogP contribution in [0.5, 0.6) is 0 Å². The Morgan fingerprint density at radius 1 is 0.786 bits per heavy atom. The number of ether oxygens (including phenoxy) is 2. The summed E-state index contributed by atoms with van der Waals surface area (Å²) >= 11 is 0. The Morgan fingerprint density at radius 2 is 1.48 bits per heavy atom. The van der Waals surface area contributed by atoms with Crippen LogP contribution in [0.4, 0.5) is 17.8 Å². The first-order chi connectivity index (χ1) is 20.7. The van der Waals surface area contributed by atoms with Gasteiger partial charge >= 0.3 is 0 Å². The van der Waals surface area contributed by atoms with Crippen LogP contribution in [0.3, 0.4) is 0 Å². The van der Waals surface area contributed by atoms with Crippen molar-refractivity contribution in [2.24, 2.45) is 5.92 Å². The third-order valence-electron chi connectivity index (χ3n) is 7.78. The topological polar surface area (TPSA) is 114 Å². The second kappa shape index (κ2) is 16.0. The van der Waals surface area contributed by atoms with E-state index in [1.54, 1.807) is 12.1 Å². The molecular formula is C32H43N7O3. The molecule has 5 rings (SSSR count). The Balaban J connectivity index is 1.05. The molecule has 224 valence electrons. The molecule has 1 aliphatic carbocycles. The lowest BCUT2D eigenvalue weighted by molar-refractivity contribution is 0.0519. The Bertz CT molecular complexity index is 1250. The summed E-state index contributed by atoms with van der Waals surface area (Å²) < 4.78 is 11.3. The molecule has 3 N–H and O–H groups in total. The molecular weight excluding hydrogens is 530 g/mol. The molecule has 2 heterocycles. The summed E-state index contributed by atoms with van der Waals surface area (Å²) in [6.07, 6.45) is 7.48. The predicted octanol–water partition coefficient (Wildman–Crippen LogP) is 4.30. The Hall–Kier alpha value is -3.76. The first kappa shape index (κ1) is 29.7. The molecule has 0 unspecified atom stereocenters. The number of hydrogen-bond donors (Lipinski definition) is 3. The third kappa shape index (κ3) is 9.12. The van der Waals surface area contributed by atoms with E-state index in [1.807, 2.05) is 18.2 Å². The fourth-order valence-electron chi connectivity index (χ4n) is 5.44. The van der Waals surface area contributed by atoms with Gasteiger partial charge in [0.25, 0.3) is 5.91 Å². The minimum atomic E-state index is -0.0968. The van der Waals surface area contributed by atoms with E-state index in [-0.39, 0.29) is 5.91 Å². The second-order valence-electron chi connectivity index (χ2n) is 10.9. The van der Waals surface area contributed by atoms with Crippen LogP contribution < -0.4 is 20.9 Å². The van der Waals surface area contributed by atoms with Gasteiger partial charge in [0, 0.05) is 38.3 Å². The number of carbonyl (C=O) groups excluding carboxylic acids is 1. The van der Waals surface area contributed by atoms with Crippen LogP contribution in [-0.2, 0) is 22.4 Å². The third-order valence-corrected chi connectivity index (χ3v) is 7.78. The maximum Gasteiger partial charge on any atom is 0.251 e. The number of aromatic nitrogens is 3. The molecule has 0 radical (unpaired) electrons. The SMILES string of the molecule is O=C(NCCOCCOCCNc1nc(NCC2CCCCC2)nc(N2CCc3ccccc3C2)n1)c1ccccc1. The first-order valence-electron chi connectivity index (χ1n) is 15.3. The van der Waals surface area contributed by atoms with E-state index < -0.39 is 0 Å². The molecule has 0 atom stereocenters. The van der Waals surface area contributed by atoms with Crippen molar-refractivity contribution in [1.29, 1.82) is 0 Å². The van der Waals surface area contributed by atoms with Crippen LogP contribution >= 0.6 is 0 Å². The highest BCUT2D eigenvalue weighted by molar-refractivity contribution is 5.94. The van der Waals surface area contributed by atoms with Gasteiger partial charge in [0.05, 0.1) is 26.4 Å². The lowest BCUT2D eigenvalue weighted by Crippen LogP contribution is -2.32. The number of amides is 1. The van der Waals surface area contributed by atoms with Gasteiger partial charge < -0.3 is 30.3 Å². The van der Waals surface area contributed by atoms with Crippen LogP contribution in [0.25, 0.3) is 0 Å². The standard InChI is InChI=1S/C32H43N7O3/c40-29(27-12-5-2-6-13-27)33-16-19-41-21-22-42-20-17-34-30-36-31(35-23-25-9-3-1-4-10-25)38-32(37-30)39-18-15-26-11-7-8-14-28(26)24-39/h2,5-8,11-14,25H,1,3-4,9-10,15-24H2,(H,33,40)(H2,34,35,36,37,38). The molecule has 10 heteroatoms. The number of nitrogens with zero attached hydrogens (tertiary/aromatic N) is 4. The number of anilines is 3. The molecule has 42 heavy (non-hydrogen) atoms. The monoisotopic (exact) mass is 573 g/mol. The van der Waals surface area contributed by atoms with Crippen molar-refractivity contribution >= 4 is 23.8 Å². The second-order valence-corrected chi connectivity index (χ2v) is 10.9. The number of hydrogen-bond acceptors (Lipinski definition) is 9. The van der Waals surface area contributed by atoms with Gasteiger partial charge in [-0.05, 0) is 48.4 Å². The highest BCUT2D eigenvalue weighted by Crippen LogP contribution is 2.25. The minimum Gasteiger partial charge on any atom is -0.377 e. The van der Waals surface area contributed by atoms with Gasteiger partial charge in [0.15, 0.2) is 0 Å². The number of benzene rings is 2. The lowest BCUT2D eigenvalue weighted by atomic mass is 9.89. The Kier molecular flexibility index (Phi) is 11.3. The summed E-state index contributed by atoms with van der Waals surface area (Å²) in [4.78, 5) is 28.5. The molecule has 10 nitrogen and oxygen atoms in total. The van der Waals surface area contributed by atoms with Gasteiger partial charge in [0.1, 0.15) is 0 Å². The van der Waals surface area contributed by atoms with Crippen LogP contribution in [0, 0.1) is 5.92 Å². The number of nitrogens with one attached hydrogen (secondary N) is 3. The average Bonchev–Trinajstić information content (AvgIpc) is 3.05. The van der Waals surface area contributed by atoms with Crippen molar-refractivity contribution < 1.29 is 14.3 Å². The van der Waals surface area contributed by atoms with Crippen molar-refractivity contribution in [3.8, 4) is 0 Å². The van der Waals surface area contributed by atoms with Gasteiger partial charge in [-0.1, -0.05) is 61.7 Å². The lowest BCUT2D eigenvalue weighted by Gasteiger charge is -2.29. The van der Waals surface area contributed by atoms with Gasteiger partial charge in [-0.3, -0.25) is 4.79 Å². The normalized spacial score (nSPS) is 15.2. The molecule has 2 aliphatic rings. The highest BCUT2D eigenvalue weighted by Gasteiger charge is 2.20. The maximum absolute atomic E-state index is 12.0. The van der Waals surface area contributed by atoms with E-state index >= 15 is 0 Å². The molecule has 1 amide bonds. The summed E-state index contributed by atoms with van der Waals surface area (Å²) in [6.45, 7) is 5.45. The number of rotatable bonds is 15. The molecule has 0 saturated heterocycles. The van der Waals surface area contributed by atoms with Crippen molar-refractivity contribution in [3.63, 3.8) is 0 Å². The van der Waals surface area contributed by atoms with E-state index in [1.165, 1.54) is 43.2 Å². The number of fused-ring (bicyclic) bond motifs is 1. The minimum absolute atomic E-state index is 0.0968. The number of carbonyl (C=O) groups is 1. The van der Waals surface area contributed by atoms with Crippen molar-refractivity contribution in [2.75, 3.05) is 68.1 Å². The zero-order valence-corrected chi connectivity index (χ0v) is 24.4. The zero-order chi connectivity index (χ0) is 28.8. The first-order valence-corrected chi connectivity index (χ1v) is 15.3. The smallest absolute Gasteiger partial charge is 0.251 e. The van der Waals surface area contributed by atoms with E-state index in [4.69, 9.17) is 19.4 Å².